The first kappa shape index (κ1) is 15.2. The zero-order valence-corrected chi connectivity index (χ0v) is 11.9. The Labute approximate surface area is 114 Å². The van der Waals surface area contributed by atoms with Crippen LogP contribution in [-0.4, -0.2) is 24.9 Å². The van der Waals surface area contributed by atoms with Gasteiger partial charge in [-0.05, 0) is 38.0 Å². The van der Waals surface area contributed by atoms with Crippen LogP contribution in [0.15, 0.2) is 24.3 Å². The van der Waals surface area contributed by atoms with Crippen LogP contribution in [-0.2, 0) is 9.59 Å². The molecule has 0 saturated carbocycles. The van der Waals surface area contributed by atoms with E-state index in [2.05, 4.69) is 5.32 Å². The lowest BCUT2D eigenvalue weighted by molar-refractivity contribution is -0.127. The molecular formula is C15H22N2O2. The van der Waals surface area contributed by atoms with Gasteiger partial charge in [0.25, 0.3) is 0 Å². The third-order valence-corrected chi connectivity index (χ3v) is 2.81. The Morgan fingerprint density at radius 3 is 2.58 bits per heavy atom. The molecular weight excluding hydrogens is 240 g/mol. The monoisotopic (exact) mass is 262 g/mol. The van der Waals surface area contributed by atoms with Crippen LogP contribution in [0.2, 0.25) is 0 Å². The van der Waals surface area contributed by atoms with E-state index in [4.69, 9.17) is 0 Å². The summed E-state index contributed by atoms with van der Waals surface area (Å²) in [5.74, 6) is -0.375. The minimum Gasteiger partial charge on any atom is -0.356 e. The maximum atomic E-state index is 12.1. The molecule has 0 aliphatic rings. The van der Waals surface area contributed by atoms with Gasteiger partial charge >= 0.3 is 0 Å². The zero-order chi connectivity index (χ0) is 14.3. The van der Waals surface area contributed by atoms with Crippen molar-refractivity contribution in [1.29, 1.82) is 0 Å². The molecule has 0 fully saturated rings. The minimum absolute atomic E-state index is 0.0955. The number of nitrogens with one attached hydrogen (secondary N) is 1. The summed E-state index contributed by atoms with van der Waals surface area (Å²) in [7, 11) is 0. The van der Waals surface area contributed by atoms with Crippen molar-refractivity contribution in [3.63, 3.8) is 0 Å². The van der Waals surface area contributed by atoms with Gasteiger partial charge in [-0.25, -0.2) is 0 Å². The first-order valence-electron chi connectivity index (χ1n) is 6.72. The standard InChI is InChI=1S/C15H22N2O2/c1-4-9-16-14(18)11-15(19)17(5-2)13-8-6-7-12(3)10-13/h6-8,10H,4-5,9,11H2,1-3H3,(H,16,18). The molecule has 1 aromatic rings. The average molecular weight is 262 g/mol. The van der Waals surface area contributed by atoms with E-state index in [-0.39, 0.29) is 18.2 Å². The SMILES string of the molecule is CCCNC(=O)CC(=O)N(CC)c1cccc(C)c1. The summed E-state index contributed by atoms with van der Waals surface area (Å²) >= 11 is 0. The van der Waals surface area contributed by atoms with Crippen LogP contribution in [0.25, 0.3) is 0 Å². The number of hydrogen-bond acceptors (Lipinski definition) is 2. The predicted molar refractivity (Wildman–Crippen MR) is 77.1 cm³/mol. The quantitative estimate of drug-likeness (QED) is 0.799. The Morgan fingerprint density at radius 2 is 2.00 bits per heavy atom. The van der Waals surface area contributed by atoms with Crippen molar-refractivity contribution in [2.75, 3.05) is 18.0 Å². The molecule has 0 atom stereocenters. The van der Waals surface area contributed by atoms with Gasteiger partial charge in [0.1, 0.15) is 6.42 Å². The van der Waals surface area contributed by atoms with Crippen LogP contribution in [0, 0.1) is 6.92 Å². The molecule has 4 nitrogen and oxygen atoms in total. The molecule has 1 aromatic carbocycles. The van der Waals surface area contributed by atoms with Crippen LogP contribution in [0.3, 0.4) is 0 Å². The molecule has 19 heavy (non-hydrogen) atoms. The maximum Gasteiger partial charge on any atom is 0.236 e. The van der Waals surface area contributed by atoms with Crippen LogP contribution in [0.4, 0.5) is 5.69 Å². The first-order valence-corrected chi connectivity index (χ1v) is 6.72. The van der Waals surface area contributed by atoms with Gasteiger partial charge in [-0.3, -0.25) is 9.59 Å². The highest BCUT2D eigenvalue weighted by atomic mass is 16.2. The van der Waals surface area contributed by atoms with Crippen molar-refractivity contribution >= 4 is 17.5 Å². The Balaban J connectivity index is 2.69. The predicted octanol–water partition coefficient (Wildman–Crippen LogP) is 2.26. The molecule has 0 spiro atoms. The molecule has 2 amide bonds. The summed E-state index contributed by atoms with van der Waals surface area (Å²) in [6, 6.07) is 7.73. The Kier molecular flexibility index (Phi) is 6.06. The van der Waals surface area contributed by atoms with E-state index in [9.17, 15) is 9.59 Å². The molecule has 104 valence electrons. The Hall–Kier alpha value is -1.84. The lowest BCUT2D eigenvalue weighted by Gasteiger charge is -2.21. The second-order valence-corrected chi connectivity index (χ2v) is 4.50. The Bertz CT molecular complexity index is 444. The number of anilines is 1. The van der Waals surface area contributed by atoms with Gasteiger partial charge in [0.05, 0.1) is 0 Å². The van der Waals surface area contributed by atoms with Crippen LogP contribution < -0.4 is 10.2 Å². The normalized spacial score (nSPS) is 10.1. The summed E-state index contributed by atoms with van der Waals surface area (Å²) in [6.07, 6.45) is 0.775. The summed E-state index contributed by atoms with van der Waals surface area (Å²) in [4.78, 5) is 25.3. The lowest BCUT2D eigenvalue weighted by atomic mass is 10.2. The maximum absolute atomic E-state index is 12.1. The fourth-order valence-electron chi connectivity index (χ4n) is 1.86. The van der Waals surface area contributed by atoms with Crippen molar-refractivity contribution in [3.05, 3.63) is 29.8 Å². The number of carbonyl (C=O) groups excluding carboxylic acids is 2. The van der Waals surface area contributed by atoms with Gasteiger partial charge in [-0.15, -0.1) is 0 Å². The van der Waals surface area contributed by atoms with Gasteiger partial charge in [0, 0.05) is 18.8 Å². The number of benzene rings is 1. The number of rotatable bonds is 6. The van der Waals surface area contributed by atoms with E-state index < -0.39 is 0 Å². The highest BCUT2D eigenvalue weighted by molar-refractivity contribution is 6.04. The highest BCUT2D eigenvalue weighted by Gasteiger charge is 2.17. The third-order valence-electron chi connectivity index (χ3n) is 2.81. The molecule has 4 heteroatoms. The van der Waals surface area contributed by atoms with E-state index >= 15 is 0 Å². The van der Waals surface area contributed by atoms with Crippen LogP contribution >= 0.6 is 0 Å². The van der Waals surface area contributed by atoms with Crippen molar-refractivity contribution in [2.24, 2.45) is 0 Å². The first-order chi connectivity index (χ1) is 9.08. The van der Waals surface area contributed by atoms with Gasteiger partial charge in [0.2, 0.25) is 11.8 Å². The van der Waals surface area contributed by atoms with E-state index in [1.165, 1.54) is 0 Å². The van der Waals surface area contributed by atoms with Crippen molar-refractivity contribution in [3.8, 4) is 0 Å². The fraction of sp³-hybridized carbons (Fsp3) is 0.467. The van der Waals surface area contributed by atoms with Gasteiger partial charge in [-0.2, -0.15) is 0 Å². The number of aryl methyl sites for hydroxylation is 1. The van der Waals surface area contributed by atoms with Crippen molar-refractivity contribution in [2.45, 2.75) is 33.6 Å². The van der Waals surface area contributed by atoms with E-state index in [0.29, 0.717) is 13.1 Å². The molecule has 0 aliphatic heterocycles. The molecule has 1 N–H and O–H groups in total. The fourth-order valence-corrected chi connectivity index (χ4v) is 1.86. The Morgan fingerprint density at radius 1 is 1.26 bits per heavy atom. The number of amides is 2. The zero-order valence-electron chi connectivity index (χ0n) is 11.9. The highest BCUT2D eigenvalue weighted by Crippen LogP contribution is 2.16. The second-order valence-electron chi connectivity index (χ2n) is 4.50. The molecule has 0 aromatic heterocycles. The molecule has 0 radical (unpaired) electrons. The lowest BCUT2D eigenvalue weighted by Crippen LogP contribution is -2.36. The number of hydrogen-bond donors (Lipinski definition) is 1. The van der Waals surface area contributed by atoms with Crippen LogP contribution in [0.1, 0.15) is 32.3 Å². The molecule has 0 bridgehead atoms. The summed E-state index contributed by atoms with van der Waals surface area (Å²) < 4.78 is 0. The number of nitrogens with zero attached hydrogens (tertiary/aromatic N) is 1. The summed E-state index contributed by atoms with van der Waals surface area (Å²) in [6.45, 7) is 7.04. The smallest absolute Gasteiger partial charge is 0.236 e. The third kappa shape index (κ3) is 4.73. The van der Waals surface area contributed by atoms with E-state index in [1.54, 1.807) is 4.90 Å². The average Bonchev–Trinajstić information content (AvgIpc) is 2.37. The van der Waals surface area contributed by atoms with Gasteiger partial charge in [0.15, 0.2) is 0 Å². The topological polar surface area (TPSA) is 49.4 Å². The van der Waals surface area contributed by atoms with Gasteiger partial charge < -0.3 is 10.2 Å². The largest absolute Gasteiger partial charge is 0.356 e. The second kappa shape index (κ2) is 7.56. The summed E-state index contributed by atoms with van der Waals surface area (Å²) in [5, 5.41) is 2.72. The number of carbonyl (C=O) groups is 2. The molecule has 1 rings (SSSR count). The minimum atomic E-state index is -0.210. The van der Waals surface area contributed by atoms with E-state index in [1.807, 2.05) is 45.0 Å². The van der Waals surface area contributed by atoms with E-state index in [0.717, 1.165) is 17.7 Å². The van der Waals surface area contributed by atoms with Crippen molar-refractivity contribution < 1.29 is 9.59 Å². The molecule has 0 heterocycles. The van der Waals surface area contributed by atoms with Gasteiger partial charge in [-0.1, -0.05) is 19.1 Å². The van der Waals surface area contributed by atoms with Crippen LogP contribution in [0.5, 0.6) is 0 Å². The summed E-state index contributed by atoms with van der Waals surface area (Å²) in [5.41, 5.74) is 1.94. The molecule has 0 aliphatic carbocycles. The molecule has 0 saturated heterocycles. The molecule has 0 unspecified atom stereocenters. The van der Waals surface area contributed by atoms with Crippen molar-refractivity contribution in [1.82, 2.24) is 5.32 Å².